The number of benzene rings is 1. The van der Waals surface area contributed by atoms with E-state index in [9.17, 15) is 0 Å². The third-order valence-corrected chi connectivity index (χ3v) is 4.70. The smallest absolute Gasteiger partial charge is 0.127 e. The van der Waals surface area contributed by atoms with Gasteiger partial charge in [-0.3, -0.25) is 4.98 Å². The van der Waals surface area contributed by atoms with Crippen LogP contribution in [0.3, 0.4) is 0 Å². The van der Waals surface area contributed by atoms with Gasteiger partial charge >= 0.3 is 0 Å². The van der Waals surface area contributed by atoms with Gasteiger partial charge in [0.05, 0.1) is 22.6 Å². The molecule has 0 bridgehead atoms. The third kappa shape index (κ3) is 2.11. The minimum absolute atomic E-state index is 0.0986. The molecule has 0 amide bonds. The van der Waals surface area contributed by atoms with Crippen LogP contribution in [-0.2, 0) is 6.54 Å². The van der Waals surface area contributed by atoms with Crippen molar-refractivity contribution in [2.24, 2.45) is 5.41 Å². The van der Waals surface area contributed by atoms with Crippen molar-refractivity contribution in [1.29, 1.82) is 0 Å². The summed E-state index contributed by atoms with van der Waals surface area (Å²) in [6.45, 7) is 5.32. The zero-order chi connectivity index (χ0) is 14.6. The summed E-state index contributed by atoms with van der Waals surface area (Å²) in [6.07, 6.45) is 4.43. The Morgan fingerprint density at radius 2 is 2.05 bits per heavy atom. The van der Waals surface area contributed by atoms with Crippen LogP contribution >= 0.6 is 11.6 Å². The Bertz CT molecular complexity index is 831. The summed E-state index contributed by atoms with van der Waals surface area (Å²) in [5.74, 6) is 0.956. The van der Waals surface area contributed by atoms with E-state index in [-0.39, 0.29) is 5.38 Å². The lowest BCUT2D eigenvalue weighted by molar-refractivity contribution is 0.461. The molecule has 0 aliphatic heterocycles. The molecule has 0 spiro atoms. The Morgan fingerprint density at radius 3 is 2.76 bits per heavy atom. The standard InChI is InChI=1S/C17H18ClN3/c1-11(18)16-20-14-9-19-13-6-4-3-5-12(13)15(14)21(16)10-17(2)7-8-17/h3-6,9,11H,7-8,10H2,1-2H3. The monoisotopic (exact) mass is 299 g/mol. The number of rotatable bonds is 3. The lowest BCUT2D eigenvalue weighted by Crippen LogP contribution is -2.12. The molecule has 0 N–H and O–H groups in total. The first-order chi connectivity index (χ1) is 10.1. The molecule has 0 radical (unpaired) electrons. The first-order valence-electron chi connectivity index (χ1n) is 7.45. The van der Waals surface area contributed by atoms with E-state index < -0.39 is 0 Å². The van der Waals surface area contributed by atoms with Crippen molar-refractivity contribution in [1.82, 2.24) is 14.5 Å². The van der Waals surface area contributed by atoms with E-state index in [1.54, 1.807) is 0 Å². The number of fused-ring (bicyclic) bond motifs is 3. The predicted octanol–water partition coefficient (Wildman–Crippen LogP) is 4.68. The van der Waals surface area contributed by atoms with Gasteiger partial charge in [-0.2, -0.15) is 0 Å². The van der Waals surface area contributed by atoms with Crippen molar-refractivity contribution in [3.8, 4) is 0 Å². The average molecular weight is 300 g/mol. The number of halogens is 1. The minimum atomic E-state index is -0.0986. The number of hydrogen-bond acceptors (Lipinski definition) is 2. The highest BCUT2D eigenvalue weighted by Gasteiger charge is 2.38. The zero-order valence-electron chi connectivity index (χ0n) is 12.3. The Balaban J connectivity index is 2.05. The van der Waals surface area contributed by atoms with Crippen LogP contribution in [-0.4, -0.2) is 14.5 Å². The van der Waals surface area contributed by atoms with Crippen LogP contribution in [0.2, 0.25) is 0 Å². The van der Waals surface area contributed by atoms with Crippen LogP contribution in [0.4, 0.5) is 0 Å². The topological polar surface area (TPSA) is 30.7 Å². The molecule has 1 unspecified atom stereocenters. The highest BCUT2D eigenvalue weighted by Crippen LogP contribution is 2.47. The third-order valence-electron chi connectivity index (χ3n) is 4.51. The predicted molar refractivity (Wildman–Crippen MR) is 86.6 cm³/mol. The highest BCUT2D eigenvalue weighted by molar-refractivity contribution is 6.20. The summed E-state index contributed by atoms with van der Waals surface area (Å²) < 4.78 is 2.32. The first-order valence-corrected chi connectivity index (χ1v) is 7.89. The Hall–Kier alpha value is -1.61. The van der Waals surface area contributed by atoms with Crippen molar-refractivity contribution in [3.05, 3.63) is 36.3 Å². The quantitative estimate of drug-likeness (QED) is 0.657. The van der Waals surface area contributed by atoms with Crippen molar-refractivity contribution in [2.45, 2.75) is 38.6 Å². The molecule has 1 fully saturated rings. The fourth-order valence-electron chi connectivity index (χ4n) is 3.00. The van der Waals surface area contributed by atoms with Crippen LogP contribution in [0.5, 0.6) is 0 Å². The maximum absolute atomic E-state index is 6.38. The molecule has 21 heavy (non-hydrogen) atoms. The molecule has 1 aliphatic rings. The van der Waals surface area contributed by atoms with E-state index in [1.165, 1.54) is 18.4 Å². The van der Waals surface area contributed by atoms with Crippen molar-refractivity contribution in [2.75, 3.05) is 0 Å². The molecule has 2 heterocycles. The SMILES string of the molecule is CC(Cl)c1nc2cnc3ccccc3c2n1CC1(C)CC1. The molecule has 2 aromatic heterocycles. The molecule has 1 aliphatic carbocycles. The van der Waals surface area contributed by atoms with Crippen LogP contribution in [0.15, 0.2) is 30.5 Å². The second kappa shape index (κ2) is 4.44. The summed E-state index contributed by atoms with van der Waals surface area (Å²) >= 11 is 6.38. The first kappa shape index (κ1) is 13.1. The molecule has 4 rings (SSSR count). The zero-order valence-corrected chi connectivity index (χ0v) is 13.1. The van der Waals surface area contributed by atoms with Crippen molar-refractivity contribution in [3.63, 3.8) is 0 Å². The fraction of sp³-hybridized carbons (Fsp3) is 0.412. The molecule has 108 valence electrons. The molecular weight excluding hydrogens is 282 g/mol. The normalized spacial score (nSPS) is 18.2. The van der Waals surface area contributed by atoms with E-state index in [4.69, 9.17) is 16.6 Å². The number of nitrogens with zero attached hydrogens (tertiary/aromatic N) is 3. The van der Waals surface area contributed by atoms with Crippen LogP contribution in [0.1, 0.15) is 37.9 Å². The number of aromatic nitrogens is 3. The van der Waals surface area contributed by atoms with E-state index in [0.29, 0.717) is 5.41 Å². The molecular formula is C17H18ClN3. The van der Waals surface area contributed by atoms with Crippen LogP contribution in [0, 0.1) is 5.41 Å². The van der Waals surface area contributed by atoms with Crippen LogP contribution in [0.25, 0.3) is 21.9 Å². The van der Waals surface area contributed by atoms with Gasteiger partial charge in [0.1, 0.15) is 11.3 Å². The number of pyridine rings is 1. The summed E-state index contributed by atoms with van der Waals surface area (Å²) in [5.41, 5.74) is 3.54. The van der Waals surface area contributed by atoms with Crippen molar-refractivity contribution < 1.29 is 0 Å². The fourth-order valence-corrected chi connectivity index (χ4v) is 3.16. The minimum Gasteiger partial charge on any atom is -0.326 e. The van der Waals surface area contributed by atoms with Gasteiger partial charge in [0, 0.05) is 11.9 Å². The summed E-state index contributed by atoms with van der Waals surface area (Å²) in [6, 6.07) is 8.26. The second-order valence-electron chi connectivity index (χ2n) is 6.49. The van der Waals surface area contributed by atoms with Crippen molar-refractivity contribution >= 4 is 33.5 Å². The summed E-state index contributed by atoms with van der Waals surface area (Å²) in [7, 11) is 0. The maximum atomic E-state index is 6.38. The molecule has 1 saturated carbocycles. The maximum Gasteiger partial charge on any atom is 0.127 e. The largest absolute Gasteiger partial charge is 0.326 e. The van der Waals surface area contributed by atoms with Gasteiger partial charge in [0.15, 0.2) is 0 Å². The molecule has 1 aromatic carbocycles. The number of hydrogen-bond donors (Lipinski definition) is 0. The molecule has 3 nitrogen and oxygen atoms in total. The van der Waals surface area contributed by atoms with E-state index in [2.05, 4.69) is 34.7 Å². The summed E-state index contributed by atoms with van der Waals surface area (Å²) in [5, 5.41) is 1.06. The molecule has 4 heteroatoms. The average Bonchev–Trinajstić information content (AvgIpc) is 3.07. The Morgan fingerprint density at radius 1 is 1.29 bits per heavy atom. The van der Waals surface area contributed by atoms with Gasteiger partial charge in [-0.05, 0) is 31.2 Å². The number of imidazole rings is 1. The van der Waals surface area contributed by atoms with Gasteiger partial charge in [0.25, 0.3) is 0 Å². The van der Waals surface area contributed by atoms with Gasteiger partial charge in [-0.15, -0.1) is 11.6 Å². The van der Waals surface area contributed by atoms with Gasteiger partial charge < -0.3 is 4.57 Å². The molecule has 3 aromatic rings. The molecule has 0 saturated heterocycles. The Kier molecular flexibility index (Phi) is 2.77. The number of alkyl halides is 1. The van der Waals surface area contributed by atoms with Crippen LogP contribution < -0.4 is 0 Å². The highest BCUT2D eigenvalue weighted by atomic mass is 35.5. The second-order valence-corrected chi connectivity index (χ2v) is 7.15. The summed E-state index contributed by atoms with van der Waals surface area (Å²) in [4.78, 5) is 9.26. The van der Waals surface area contributed by atoms with E-state index >= 15 is 0 Å². The van der Waals surface area contributed by atoms with Gasteiger partial charge in [-0.1, -0.05) is 25.1 Å². The number of para-hydroxylation sites is 1. The lowest BCUT2D eigenvalue weighted by Gasteiger charge is -2.15. The van der Waals surface area contributed by atoms with E-state index in [0.717, 1.165) is 28.8 Å². The van der Waals surface area contributed by atoms with Gasteiger partial charge in [-0.25, -0.2) is 4.98 Å². The lowest BCUT2D eigenvalue weighted by atomic mass is 10.1. The molecule has 1 atom stereocenters. The van der Waals surface area contributed by atoms with E-state index in [1.807, 2.05) is 19.2 Å². The van der Waals surface area contributed by atoms with Gasteiger partial charge in [0.2, 0.25) is 0 Å². The Labute approximate surface area is 129 Å².